The summed E-state index contributed by atoms with van der Waals surface area (Å²) in [6.07, 6.45) is 6.63. The molecule has 2 unspecified atom stereocenters. The van der Waals surface area contributed by atoms with E-state index in [1.807, 2.05) is 27.7 Å². The van der Waals surface area contributed by atoms with Crippen LogP contribution in [0.1, 0.15) is 78.5 Å². The molecular formula is C26H37N3O4. The van der Waals surface area contributed by atoms with E-state index in [0.717, 1.165) is 12.8 Å². The highest BCUT2D eigenvalue weighted by atomic mass is 16.6. The molecule has 0 heterocycles. The van der Waals surface area contributed by atoms with Crippen molar-refractivity contribution in [2.75, 3.05) is 0 Å². The molecule has 3 amide bonds. The van der Waals surface area contributed by atoms with Crippen molar-refractivity contribution in [3.8, 4) is 12.3 Å². The average Bonchev–Trinajstić information content (AvgIpc) is 3.52. The Hall–Kier alpha value is -3.01. The number of benzene rings is 1. The predicted molar refractivity (Wildman–Crippen MR) is 128 cm³/mol. The lowest BCUT2D eigenvalue weighted by atomic mass is 9.95. The molecule has 0 aromatic heterocycles. The fourth-order valence-electron chi connectivity index (χ4n) is 3.63. The minimum atomic E-state index is -0.902. The molecule has 1 aliphatic carbocycles. The number of hydrogen-bond donors (Lipinski definition) is 2. The first kappa shape index (κ1) is 26.2. The quantitative estimate of drug-likeness (QED) is 0.584. The van der Waals surface area contributed by atoms with Crippen molar-refractivity contribution in [3.63, 3.8) is 0 Å². The molecular weight excluding hydrogens is 418 g/mol. The van der Waals surface area contributed by atoms with Gasteiger partial charge in [0, 0.05) is 17.6 Å². The van der Waals surface area contributed by atoms with E-state index in [2.05, 4.69) is 16.6 Å². The van der Waals surface area contributed by atoms with Gasteiger partial charge in [0.1, 0.15) is 17.7 Å². The zero-order valence-electron chi connectivity index (χ0n) is 20.8. The van der Waals surface area contributed by atoms with Crippen molar-refractivity contribution in [1.29, 1.82) is 0 Å². The molecule has 180 valence electrons. The summed E-state index contributed by atoms with van der Waals surface area (Å²) in [4.78, 5) is 41.4. The molecule has 0 spiro atoms. The van der Waals surface area contributed by atoms with Gasteiger partial charge in [-0.05, 0) is 65.0 Å². The maximum absolute atomic E-state index is 13.9. The van der Waals surface area contributed by atoms with Gasteiger partial charge in [-0.25, -0.2) is 4.79 Å². The summed E-state index contributed by atoms with van der Waals surface area (Å²) in [5.41, 5.74) is 0.454. The molecule has 2 rings (SSSR count). The molecule has 1 fully saturated rings. The van der Waals surface area contributed by atoms with E-state index in [4.69, 9.17) is 11.2 Å². The first-order chi connectivity index (χ1) is 15.4. The number of carbonyl (C=O) groups excluding carboxylic acids is 3. The van der Waals surface area contributed by atoms with Crippen LogP contribution in [-0.2, 0) is 14.3 Å². The van der Waals surface area contributed by atoms with Crippen LogP contribution in [0.25, 0.3) is 0 Å². The number of alkyl carbamates (subject to hydrolysis) is 1. The van der Waals surface area contributed by atoms with Gasteiger partial charge in [0.05, 0.1) is 0 Å². The number of hydrogen-bond acceptors (Lipinski definition) is 4. The number of nitrogens with zero attached hydrogens (tertiary/aromatic N) is 1. The van der Waals surface area contributed by atoms with Crippen LogP contribution in [0.4, 0.5) is 4.79 Å². The van der Waals surface area contributed by atoms with E-state index in [1.165, 1.54) is 0 Å². The molecule has 0 aliphatic heterocycles. The minimum Gasteiger partial charge on any atom is -0.444 e. The van der Waals surface area contributed by atoms with Crippen LogP contribution in [0.15, 0.2) is 24.3 Å². The smallest absolute Gasteiger partial charge is 0.408 e. The predicted octanol–water partition coefficient (Wildman–Crippen LogP) is 3.77. The summed E-state index contributed by atoms with van der Waals surface area (Å²) >= 11 is 0. The molecule has 0 saturated heterocycles. The largest absolute Gasteiger partial charge is 0.444 e. The maximum Gasteiger partial charge on any atom is 0.408 e. The van der Waals surface area contributed by atoms with Gasteiger partial charge in [0.15, 0.2) is 0 Å². The Balaban J connectivity index is 2.49. The molecule has 7 heteroatoms. The van der Waals surface area contributed by atoms with Gasteiger partial charge in [0.2, 0.25) is 11.8 Å². The molecule has 2 N–H and O–H groups in total. The highest BCUT2D eigenvalue weighted by molar-refractivity contribution is 5.93. The topological polar surface area (TPSA) is 87.7 Å². The lowest BCUT2D eigenvalue weighted by molar-refractivity contribution is -0.144. The van der Waals surface area contributed by atoms with Crippen molar-refractivity contribution in [1.82, 2.24) is 15.5 Å². The van der Waals surface area contributed by atoms with Crippen LogP contribution in [0, 0.1) is 18.3 Å². The van der Waals surface area contributed by atoms with E-state index in [-0.39, 0.29) is 29.8 Å². The highest BCUT2D eigenvalue weighted by Crippen LogP contribution is 2.37. The van der Waals surface area contributed by atoms with E-state index in [0.29, 0.717) is 11.1 Å². The van der Waals surface area contributed by atoms with Gasteiger partial charge in [-0.15, -0.1) is 6.42 Å². The Kier molecular flexibility index (Phi) is 8.54. The second-order valence-corrected chi connectivity index (χ2v) is 10.1. The summed E-state index contributed by atoms with van der Waals surface area (Å²) < 4.78 is 5.38. The zero-order valence-corrected chi connectivity index (χ0v) is 20.8. The summed E-state index contributed by atoms with van der Waals surface area (Å²) in [6, 6.07) is 5.19. The summed E-state index contributed by atoms with van der Waals surface area (Å²) in [5, 5.41) is 5.66. The fourth-order valence-corrected chi connectivity index (χ4v) is 3.63. The second-order valence-electron chi connectivity index (χ2n) is 10.1. The number of amides is 3. The van der Waals surface area contributed by atoms with Gasteiger partial charge in [-0.2, -0.15) is 0 Å². The number of carbonyl (C=O) groups is 3. The Labute approximate surface area is 197 Å². The second kappa shape index (κ2) is 10.7. The van der Waals surface area contributed by atoms with Gasteiger partial charge in [-0.1, -0.05) is 38.0 Å². The van der Waals surface area contributed by atoms with Gasteiger partial charge in [-0.3, -0.25) is 9.59 Å². The molecule has 33 heavy (non-hydrogen) atoms. The van der Waals surface area contributed by atoms with Crippen LogP contribution < -0.4 is 10.6 Å². The van der Waals surface area contributed by atoms with Crippen LogP contribution in [0.5, 0.6) is 0 Å². The Bertz CT molecular complexity index is 907. The standard InChI is InChI=1S/C26H37N3O4/c1-9-18-12-10-11-13-20(18)22(23(30)27-17(4)5)29(19-14-15-19)24(31)21(16(2)3)28-25(32)33-26(6,7)8/h1,10-13,16-17,19,21-22H,14-15H2,2-8H3,(H,27,30)(H,28,32). The first-order valence-corrected chi connectivity index (χ1v) is 11.5. The number of rotatable bonds is 8. The van der Waals surface area contributed by atoms with Crippen molar-refractivity contribution < 1.29 is 19.1 Å². The van der Waals surface area contributed by atoms with E-state index < -0.39 is 23.8 Å². The van der Waals surface area contributed by atoms with Crippen LogP contribution in [-0.4, -0.2) is 46.5 Å². The SMILES string of the molecule is C#Cc1ccccc1C(C(=O)NC(C)C)N(C(=O)C(NC(=O)OC(C)(C)C)C(C)C)C1CC1. The third-order valence-electron chi connectivity index (χ3n) is 5.17. The molecule has 1 aliphatic rings. The summed E-state index contributed by atoms with van der Waals surface area (Å²) in [7, 11) is 0. The molecule has 1 aromatic rings. The average molecular weight is 456 g/mol. The van der Waals surface area contributed by atoms with Crippen molar-refractivity contribution in [3.05, 3.63) is 35.4 Å². The lowest BCUT2D eigenvalue weighted by Crippen LogP contribution is -2.56. The van der Waals surface area contributed by atoms with Gasteiger partial charge in [0.25, 0.3) is 0 Å². The first-order valence-electron chi connectivity index (χ1n) is 11.5. The van der Waals surface area contributed by atoms with Crippen LogP contribution >= 0.6 is 0 Å². The Morgan fingerprint density at radius 2 is 1.70 bits per heavy atom. The van der Waals surface area contributed by atoms with Crippen LogP contribution in [0.2, 0.25) is 0 Å². The fraction of sp³-hybridized carbons (Fsp3) is 0.577. The molecule has 2 atom stereocenters. The molecule has 1 saturated carbocycles. The van der Waals surface area contributed by atoms with Gasteiger partial charge < -0.3 is 20.3 Å². The Morgan fingerprint density at radius 1 is 1.09 bits per heavy atom. The van der Waals surface area contributed by atoms with E-state index in [1.54, 1.807) is 49.9 Å². The van der Waals surface area contributed by atoms with Crippen LogP contribution in [0.3, 0.4) is 0 Å². The number of nitrogens with one attached hydrogen (secondary N) is 2. The number of ether oxygens (including phenoxy) is 1. The number of terminal acetylenes is 1. The van der Waals surface area contributed by atoms with Crippen molar-refractivity contribution >= 4 is 17.9 Å². The van der Waals surface area contributed by atoms with E-state index in [9.17, 15) is 14.4 Å². The normalized spacial score (nSPS) is 15.4. The minimum absolute atomic E-state index is 0.104. The third kappa shape index (κ3) is 7.24. The molecule has 7 nitrogen and oxygen atoms in total. The molecule has 0 bridgehead atoms. The summed E-state index contributed by atoms with van der Waals surface area (Å²) in [6.45, 7) is 12.7. The third-order valence-corrected chi connectivity index (χ3v) is 5.17. The zero-order chi connectivity index (χ0) is 24.9. The van der Waals surface area contributed by atoms with E-state index >= 15 is 0 Å². The maximum atomic E-state index is 13.9. The summed E-state index contributed by atoms with van der Waals surface area (Å²) in [5.74, 6) is 1.80. The van der Waals surface area contributed by atoms with Crippen molar-refractivity contribution in [2.45, 2.75) is 91.1 Å². The lowest BCUT2D eigenvalue weighted by Gasteiger charge is -2.36. The van der Waals surface area contributed by atoms with Gasteiger partial charge >= 0.3 is 6.09 Å². The molecule has 0 radical (unpaired) electrons. The monoisotopic (exact) mass is 455 g/mol. The molecule has 1 aromatic carbocycles. The Morgan fingerprint density at radius 3 is 2.18 bits per heavy atom. The highest BCUT2D eigenvalue weighted by Gasteiger charge is 2.45. The van der Waals surface area contributed by atoms with Crippen molar-refractivity contribution in [2.24, 2.45) is 5.92 Å².